The quantitative estimate of drug-likeness (QED) is 0.917. The van der Waals surface area contributed by atoms with Crippen LogP contribution in [-0.2, 0) is 13.0 Å². The molecule has 1 N–H and O–H groups in total. The Morgan fingerprint density at radius 3 is 2.76 bits per heavy atom. The maximum absolute atomic E-state index is 9.47. The zero-order valence-corrected chi connectivity index (χ0v) is 13.9. The van der Waals surface area contributed by atoms with Gasteiger partial charge in [-0.1, -0.05) is 19.3 Å². The zero-order chi connectivity index (χ0) is 14.8. The standard InChI is InChI=1S/C17H25N3S/c1-12(13-6-4-3-5-7-13)20-9-8-16-15(11-20)14(10-18)17(19-2)21-16/h12-13,19H,3-9,11H2,1-2H3. The molecule has 21 heavy (non-hydrogen) atoms. The predicted octanol–water partition coefficient (Wildman–Crippen LogP) is 3.99. The number of fused-ring (bicyclic) bond motifs is 1. The van der Waals surface area contributed by atoms with E-state index in [9.17, 15) is 5.26 Å². The number of nitrogens with one attached hydrogen (secondary N) is 1. The number of hydrogen-bond acceptors (Lipinski definition) is 4. The van der Waals surface area contributed by atoms with Crippen molar-refractivity contribution in [3.63, 3.8) is 0 Å². The van der Waals surface area contributed by atoms with Gasteiger partial charge in [-0.15, -0.1) is 11.3 Å². The van der Waals surface area contributed by atoms with E-state index < -0.39 is 0 Å². The second kappa shape index (κ2) is 6.37. The Bertz CT molecular complexity index is 537. The fourth-order valence-electron chi connectivity index (χ4n) is 3.97. The highest BCUT2D eigenvalue weighted by atomic mass is 32.1. The molecule has 3 rings (SSSR count). The van der Waals surface area contributed by atoms with E-state index in [1.807, 2.05) is 7.05 Å². The summed E-state index contributed by atoms with van der Waals surface area (Å²) in [6.07, 6.45) is 8.11. The van der Waals surface area contributed by atoms with Gasteiger partial charge in [0.1, 0.15) is 11.1 Å². The van der Waals surface area contributed by atoms with E-state index in [2.05, 4.69) is 23.2 Å². The first-order chi connectivity index (χ1) is 10.2. The highest BCUT2D eigenvalue weighted by Gasteiger charge is 2.30. The van der Waals surface area contributed by atoms with Gasteiger partial charge in [-0.3, -0.25) is 4.90 Å². The second-order valence-corrected chi connectivity index (χ2v) is 7.53. The van der Waals surface area contributed by atoms with Crippen LogP contribution in [0, 0.1) is 17.2 Å². The first-order valence-corrected chi connectivity index (χ1v) is 9.02. The molecule has 1 aliphatic carbocycles. The molecule has 1 aliphatic heterocycles. The number of thiophene rings is 1. The van der Waals surface area contributed by atoms with Crippen LogP contribution in [0.3, 0.4) is 0 Å². The van der Waals surface area contributed by atoms with Gasteiger partial charge in [0.15, 0.2) is 0 Å². The molecule has 0 saturated heterocycles. The van der Waals surface area contributed by atoms with Crippen LogP contribution in [0.25, 0.3) is 0 Å². The topological polar surface area (TPSA) is 39.1 Å². The molecular formula is C17H25N3S. The number of nitrogens with zero attached hydrogens (tertiary/aromatic N) is 2. The van der Waals surface area contributed by atoms with Crippen molar-refractivity contribution in [1.29, 1.82) is 5.26 Å². The van der Waals surface area contributed by atoms with E-state index in [4.69, 9.17) is 0 Å². The lowest BCUT2D eigenvalue weighted by molar-refractivity contribution is 0.117. The fraction of sp³-hybridized carbons (Fsp3) is 0.706. The minimum atomic E-state index is 0.655. The monoisotopic (exact) mass is 303 g/mol. The molecule has 114 valence electrons. The third-order valence-corrected chi connectivity index (χ3v) is 6.63. The van der Waals surface area contributed by atoms with Crippen LogP contribution in [0.4, 0.5) is 5.00 Å². The molecule has 1 unspecified atom stereocenters. The molecule has 2 heterocycles. The van der Waals surface area contributed by atoms with E-state index in [1.165, 1.54) is 42.5 Å². The number of nitriles is 1. The SMILES string of the molecule is CNc1sc2c(c1C#N)CN(C(C)C1CCCCC1)CC2. The molecule has 3 nitrogen and oxygen atoms in total. The second-order valence-electron chi connectivity index (χ2n) is 6.43. The lowest BCUT2D eigenvalue weighted by Crippen LogP contribution is -2.42. The zero-order valence-electron chi connectivity index (χ0n) is 13.1. The number of rotatable bonds is 3. The summed E-state index contributed by atoms with van der Waals surface area (Å²) in [7, 11) is 1.92. The normalized spacial score (nSPS) is 21.6. The van der Waals surface area contributed by atoms with Crippen molar-refractivity contribution in [2.24, 2.45) is 5.92 Å². The Labute approximate surface area is 132 Å². The average Bonchev–Trinajstić information content (AvgIpc) is 2.91. The van der Waals surface area contributed by atoms with Crippen LogP contribution < -0.4 is 5.32 Å². The summed E-state index contributed by atoms with van der Waals surface area (Å²) >= 11 is 1.78. The summed E-state index contributed by atoms with van der Waals surface area (Å²) in [5, 5.41) is 13.7. The smallest absolute Gasteiger partial charge is 0.107 e. The minimum Gasteiger partial charge on any atom is -0.379 e. The molecule has 0 aromatic carbocycles. The van der Waals surface area contributed by atoms with E-state index in [0.717, 1.165) is 36.0 Å². The van der Waals surface area contributed by atoms with Crippen LogP contribution in [-0.4, -0.2) is 24.5 Å². The van der Waals surface area contributed by atoms with E-state index in [1.54, 1.807) is 11.3 Å². The molecule has 0 bridgehead atoms. The van der Waals surface area contributed by atoms with Crippen molar-refractivity contribution in [3.05, 3.63) is 16.0 Å². The number of anilines is 1. The summed E-state index contributed by atoms with van der Waals surface area (Å²) in [6, 6.07) is 3.07. The van der Waals surface area contributed by atoms with Gasteiger partial charge in [0.2, 0.25) is 0 Å². The molecule has 1 aromatic rings. The molecule has 4 heteroatoms. The lowest BCUT2D eigenvalue weighted by atomic mass is 9.83. The van der Waals surface area contributed by atoms with Crippen molar-refractivity contribution in [1.82, 2.24) is 4.90 Å². The Hall–Kier alpha value is -1.05. The van der Waals surface area contributed by atoms with E-state index in [0.29, 0.717) is 6.04 Å². The van der Waals surface area contributed by atoms with Crippen LogP contribution >= 0.6 is 11.3 Å². The Morgan fingerprint density at radius 2 is 2.10 bits per heavy atom. The molecule has 0 spiro atoms. The molecule has 1 aromatic heterocycles. The van der Waals surface area contributed by atoms with Gasteiger partial charge in [0.25, 0.3) is 0 Å². The van der Waals surface area contributed by atoms with Gasteiger partial charge < -0.3 is 5.32 Å². The van der Waals surface area contributed by atoms with Crippen molar-refractivity contribution in [3.8, 4) is 6.07 Å². The number of hydrogen-bond donors (Lipinski definition) is 1. The minimum absolute atomic E-state index is 0.655. The Morgan fingerprint density at radius 1 is 1.33 bits per heavy atom. The van der Waals surface area contributed by atoms with Gasteiger partial charge in [0.05, 0.1) is 5.56 Å². The highest BCUT2D eigenvalue weighted by molar-refractivity contribution is 7.16. The maximum Gasteiger partial charge on any atom is 0.107 e. The maximum atomic E-state index is 9.47. The van der Waals surface area contributed by atoms with Crippen LogP contribution in [0.2, 0.25) is 0 Å². The summed E-state index contributed by atoms with van der Waals surface area (Å²) < 4.78 is 0. The van der Waals surface area contributed by atoms with Gasteiger partial charge in [-0.25, -0.2) is 0 Å². The van der Waals surface area contributed by atoms with Crippen LogP contribution in [0.1, 0.15) is 55.0 Å². The summed E-state index contributed by atoms with van der Waals surface area (Å²) in [5.74, 6) is 0.855. The summed E-state index contributed by atoms with van der Waals surface area (Å²) in [6.45, 7) is 4.52. The first-order valence-electron chi connectivity index (χ1n) is 8.21. The highest BCUT2D eigenvalue weighted by Crippen LogP contribution is 2.38. The molecule has 0 radical (unpaired) electrons. The summed E-state index contributed by atoms with van der Waals surface area (Å²) in [4.78, 5) is 4.04. The third-order valence-electron chi connectivity index (χ3n) is 5.32. The molecule has 2 aliphatic rings. The van der Waals surface area contributed by atoms with E-state index in [-0.39, 0.29) is 0 Å². The largest absolute Gasteiger partial charge is 0.379 e. The van der Waals surface area contributed by atoms with Crippen molar-refractivity contribution >= 4 is 16.3 Å². The fourth-order valence-corrected chi connectivity index (χ4v) is 5.07. The van der Waals surface area contributed by atoms with Crippen molar-refractivity contribution in [2.45, 2.75) is 58.0 Å². The Balaban J connectivity index is 1.77. The van der Waals surface area contributed by atoms with Gasteiger partial charge >= 0.3 is 0 Å². The first kappa shape index (κ1) is 14.9. The lowest BCUT2D eigenvalue weighted by Gasteiger charge is -2.38. The molecule has 1 saturated carbocycles. The molecular weight excluding hydrogens is 278 g/mol. The van der Waals surface area contributed by atoms with Crippen LogP contribution in [0.5, 0.6) is 0 Å². The predicted molar refractivity (Wildman–Crippen MR) is 88.7 cm³/mol. The van der Waals surface area contributed by atoms with E-state index >= 15 is 0 Å². The average molecular weight is 303 g/mol. The van der Waals surface area contributed by atoms with Crippen LogP contribution in [0.15, 0.2) is 0 Å². The van der Waals surface area contributed by atoms with Crippen molar-refractivity contribution < 1.29 is 0 Å². The Kier molecular flexibility index (Phi) is 4.51. The van der Waals surface area contributed by atoms with Gasteiger partial charge in [-0.2, -0.15) is 5.26 Å². The molecule has 0 amide bonds. The van der Waals surface area contributed by atoms with Gasteiger partial charge in [-0.05, 0) is 32.1 Å². The summed E-state index contributed by atoms with van der Waals surface area (Å²) in [5.41, 5.74) is 2.18. The molecule has 1 atom stereocenters. The van der Waals surface area contributed by atoms with Crippen molar-refractivity contribution in [2.75, 3.05) is 18.9 Å². The molecule has 1 fully saturated rings. The van der Waals surface area contributed by atoms with Gasteiger partial charge in [0, 0.05) is 36.6 Å². The third kappa shape index (κ3) is 2.82.